The monoisotopic (exact) mass is 449 g/mol. The van der Waals surface area contributed by atoms with Crippen molar-refractivity contribution in [2.75, 3.05) is 6.54 Å². The van der Waals surface area contributed by atoms with E-state index in [2.05, 4.69) is 44.4 Å². The van der Waals surface area contributed by atoms with Crippen LogP contribution in [0.5, 0.6) is 0 Å². The van der Waals surface area contributed by atoms with Crippen molar-refractivity contribution in [2.45, 2.75) is 37.6 Å². The van der Waals surface area contributed by atoms with E-state index in [4.69, 9.17) is 5.73 Å². The van der Waals surface area contributed by atoms with Crippen LogP contribution in [-0.2, 0) is 0 Å². The highest BCUT2D eigenvalue weighted by Gasteiger charge is 2.39. The highest BCUT2D eigenvalue weighted by atomic mass is 127. The molecule has 0 aliphatic heterocycles. The Balaban J connectivity index is 0.00000147. The van der Waals surface area contributed by atoms with E-state index in [1.165, 1.54) is 29.3 Å². The van der Waals surface area contributed by atoms with Crippen LogP contribution in [0.25, 0.3) is 0 Å². The molecule has 1 aromatic carbocycles. The van der Waals surface area contributed by atoms with Crippen molar-refractivity contribution >= 4 is 45.9 Å². The predicted molar refractivity (Wildman–Crippen MR) is 97.7 cm³/mol. The second-order valence-corrected chi connectivity index (χ2v) is 6.49. The summed E-state index contributed by atoms with van der Waals surface area (Å²) in [5.41, 5.74) is 7.31. The third-order valence-corrected chi connectivity index (χ3v) is 4.90. The first-order valence-electron chi connectivity index (χ1n) is 7.05. The Morgan fingerprint density at radius 3 is 2.75 bits per heavy atom. The van der Waals surface area contributed by atoms with Crippen LogP contribution in [-0.4, -0.2) is 18.5 Å². The number of nitrogens with two attached hydrogens (primary N) is 1. The first kappa shape index (κ1) is 16.1. The fourth-order valence-electron chi connectivity index (χ4n) is 2.61. The zero-order valence-electron chi connectivity index (χ0n) is 11.4. The van der Waals surface area contributed by atoms with Gasteiger partial charge in [0.2, 0.25) is 0 Å². The van der Waals surface area contributed by atoms with Crippen molar-refractivity contribution in [3.05, 3.63) is 34.3 Å². The molecule has 0 unspecified atom stereocenters. The average Bonchev–Trinajstić information content (AvgIpc) is 3.06. The van der Waals surface area contributed by atoms with Gasteiger partial charge in [-0.2, -0.15) is 0 Å². The summed E-state index contributed by atoms with van der Waals surface area (Å²) in [6.07, 6.45) is 5.14. The standard InChI is InChI=1S/C15H20BrN3.HI/c16-13-7-2-1-6-11(13)12-8-14(12)19-15(17)18-9-10-4-3-5-10;/h1-2,6-7,10,12,14H,3-5,8-9H2,(H3,17,18,19);1H/t12-,14+;/m0./s1. The quantitative estimate of drug-likeness (QED) is 0.419. The van der Waals surface area contributed by atoms with Crippen LogP contribution in [0.2, 0.25) is 0 Å². The van der Waals surface area contributed by atoms with E-state index in [9.17, 15) is 0 Å². The zero-order valence-corrected chi connectivity index (χ0v) is 15.3. The summed E-state index contributed by atoms with van der Waals surface area (Å²) in [5.74, 6) is 1.96. The number of aliphatic imine (C=N–C) groups is 1. The molecule has 2 aliphatic rings. The summed E-state index contributed by atoms with van der Waals surface area (Å²) >= 11 is 3.61. The fraction of sp³-hybridized carbons (Fsp3) is 0.533. The SMILES string of the molecule is I.NC(=NCC1CCC1)N[C@@H]1C[C@H]1c1ccccc1Br. The number of halogens is 2. The maximum atomic E-state index is 5.95. The lowest BCUT2D eigenvalue weighted by atomic mass is 9.86. The molecule has 0 saturated heterocycles. The number of nitrogens with zero attached hydrogens (tertiary/aromatic N) is 1. The Morgan fingerprint density at radius 2 is 2.10 bits per heavy atom. The van der Waals surface area contributed by atoms with Crippen LogP contribution in [0.1, 0.15) is 37.2 Å². The minimum atomic E-state index is 0. The molecule has 3 nitrogen and oxygen atoms in total. The Kier molecular flexibility index (Phi) is 5.72. The van der Waals surface area contributed by atoms with E-state index in [1.807, 2.05) is 6.07 Å². The molecule has 0 aromatic heterocycles. The number of hydrogen-bond acceptors (Lipinski definition) is 1. The molecule has 2 saturated carbocycles. The summed E-state index contributed by atoms with van der Waals surface area (Å²) in [6.45, 7) is 0.894. The molecule has 0 bridgehead atoms. The lowest BCUT2D eigenvalue weighted by Gasteiger charge is -2.23. The minimum absolute atomic E-state index is 0. The maximum absolute atomic E-state index is 5.95. The number of rotatable bonds is 4. The van der Waals surface area contributed by atoms with Gasteiger partial charge in [0, 0.05) is 23.0 Å². The predicted octanol–water partition coefficient (Wildman–Crippen LogP) is 3.63. The van der Waals surface area contributed by atoms with Gasteiger partial charge in [0.25, 0.3) is 0 Å². The Hall–Kier alpha value is -0.300. The molecule has 20 heavy (non-hydrogen) atoms. The molecule has 2 aliphatic carbocycles. The minimum Gasteiger partial charge on any atom is -0.370 e. The van der Waals surface area contributed by atoms with Gasteiger partial charge in [0.15, 0.2) is 5.96 Å². The van der Waals surface area contributed by atoms with E-state index in [0.29, 0.717) is 17.9 Å². The largest absolute Gasteiger partial charge is 0.370 e. The molecular formula is C15H21BrIN3. The number of nitrogens with one attached hydrogen (secondary N) is 1. The van der Waals surface area contributed by atoms with Gasteiger partial charge < -0.3 is 11.1 Å². The van der Waals surface area contributed by atoms with Crippen molar-refractivity contribution in [3.63, 3.8) is 0 Å². The van der Waals surface area contributed by atoms with Gasteiger partial charge in [-0.3, -0.25) is 4.99 Å². The molecule has 2 atom stereocenters. The zero-order chi connectivity index (χ0) is 13.2. The van der Waals surface area contributed by atoms with E-state index < -0.39 is 0 Å². The van der Waals surface area contributed by atoms with Crippen molar-refractivity contribution in [1.82, 2.24) is 5.32 Å². The fourth-order valence-corrected chi connectivity index (χ4v) is 3.19. The van der Waals surface area contributed by atoms with E-state index in [0.717, 1.165) is 18.9 Å². The molecule has 5 heteroatoms. The van der Waals surface area contributed by atoms with Gasteiger partial charge in [-0.15, -0.1) is 24.0 Å². The molecule has 3 N–H and O–H groups in total. The van der Waals surface area contributed by atoms with Gasteiger partial charge in [-0.1, -0.05) is 40.5 Å². The Morgan fingerprint density at radius 1 is 1.35 bits per heavy atom. The highest BCUT2D eigenvalue weighted by Crippen LogP contribution is 2.43. The lowest BCUT2D eigenvalue weighted by molar-refractivity contribution is 0.326. The molecule has 0 spiro atoms. The molecule has 0 amide bonds. The van der Waals surface area contributed by atoms with Crippen LogP contribution in [0.4, 0.5) is 0 Å². The molecule has 0 radical (unpaired) electrons. The van der Waals surface area contributed by atoms with Crippen molar-refractivity contribution in [1.29, 1.82) is 0 Å². The van der Waals surface area contributed by atoms with E-state index in [-0.39, 0.29) is 24.0 Å². The number of benzene rings is 1. The van der Waals surface area contributed by atoms with Gasteiger partial charge >= 0.3 is 0 Å². The topological polar surface area (TPSA) is 50.4 Å². The molecule has 0 heterocycles. The van der Waals surface area contributed by atoms with Gasteiger partial charge in [0.05, 0.1) is 0 Å². The van der Waals surface area contributed by atoms with Gasteiger partial charge in [-0.05, 0) is 36.8 Å². The van der Waals surface area contributed by atoms with Crippen molar-refractivity contribution < 1.29 is 0 Å². The summed E-state index contributed by atoms with van der Waals surface area (Å²) < 4.78 is 1.19. The Bertz CT molecular complexity index is 488. The first-order valence-corrected chi connectivity index (χ1v) is 7.84. The van der Waals surface area contributed by atoms with Crippen molar-refractivity contribution in [3.8, 4) is 0 Å². The lowest BCUT2D eigenvalue weighted by Crippen LogP contribution is -2.35. The summed E-state index contributed by atoms with van der Waals surface area (Å²) in [5, 5.41) is 3.34. The molecule has 1 aromatic rings. The van der Waals surface area contributed by atoms with Crippen LogP contribution in [0.3, 0.4) is 0 Å². The Labute approximate surface area is 146 Å². The van der Waals surface area contributed by atoms with Gasteiger partial charge in [0.1, 0.15) is 0 Å². The second-order valence-electron chi connectivity index (χ2n) is 5.64. The third-order valence-electron chi connectivity index (χ3n) is 4.17. The first-order chi connectivity index (χ1) is 9.24. The maximum Gasteiger partial charge on any atom is 0.188 e. The van der Waals surface area contributed by atoms with Crippen LogP contribution in [0, 0.1) is 5.92 Å². The van der Waals surface area contributed by atoms with E-state index >= 15 is 0 Å². The van der Waals surface area contributed by atoms with Crippen molar-refractivity contribution in [2.24, 2.45) is 16.6 Å². The third kappa shape index (κ3) is 3.87. The smallest absolute Gasteiger partial charge is 0.188 e. The number of hydrogen-bond donors (Lipinski definition) is 2. The average molecular weight is 450 g/mol. The van der Waals surface area contributed by atoms with E-state index in [1.54, 1.807) is 0 Å². The van der Waals surface area contributed by atoms with Crippen LogP contribution < -0.4 is 11.1 Å². The number of guanidine groups is 1. The molecule has 2 fully saturated rings. The van der Waals surface area contributed by atoms with Crippen LogP contribution in [0.15, 0.2) is 33.7 Å². The molecular weight excluding hydrogens is 429 g/mol. The molecule has 110 valence electrons. The van der Waals surface area contributed by atoms with Crippen LogP contribution >= 0.6 is 39.9 Å². The summed E-state index contributed by atoms with van der Waals surface area (Å²) in [4.78, 5) is 4.45. The highest BCUT2D eigenvalue weighted by molar-refractivity contribution is 14.0. The normalized spacial score (nSPS) is 25.6. The summed E-state index contributed by atoms with van der Waals surface area (Å²) in [6, 6.07) is 8.86. The molecule has 3 rings (SSSR count). The second kappa shape index (κ2) is 7.11. The summed E-state index contributed by atoms with van der Waals surface area (Å²) in [7, 11) is 0. The van der Waals surface area contributed by atoms with Gasteiger partial charge in [-0.25, -0.2) is 0 Å².